The number of methoxy groups -OCH3 is 3. The first kappa shape index (κ1) is 21.5. The molecule has 1 aromatic heterocycles. The summed E-state index contributed by atoms with van der Waals surface area (Å²) in [6.07, 6.45) is 1.65. The molecule has 0 fully saturated rings. The van der Waals surface area contributed by atoms with Gasteiger partial charge in [0, 0.05) is 18.8 Å². The van der Waals surface area contributed by atoms with E-state index in [0.29, 0.717) is 24.3 Å². The molecular weight excluding hydrogens is 366 g/mol. The normalized spacial score (nSPS) is 17.5. The number of hydrogen-bond acceptors (Lipinski definition) is 9. The predicted molar refractivity (Wildman–Crippen MR) is 102 cm³/mol. The number of aliphatic hydroxyl groups excluding tert-OH is 1. The minimum Gasteiger partial charge on any atom is -0.511 e. The zero-order chi connectivity index (χ0) is 20.7. The predicted octanol–water partition coefficient (Wildman–Crippen LogP) is 2.95. The number of ketones is 1. The molecule has 0 bridgehead atoms. The van der Waals surface area contributed by atoms with Gasteiger partial charge in [-0.2, -0.15) is 9.97 Å². The molecule has 1 aliphatic rings. The fourth-order valence-corrected chi connectivity index (χ4v) is 3.18. The Morgan fingerprint density at radius 1 is 1.11 bits per heavy atom. The van der Waals surface area contributed by atoms with Crippen LogP contribution in [0.5, 0.6) is 17.8 Å². The largest absolute Gasteiger partial charge is 0.511 e. The molecule has 1 N–H and O–H groups in total. The number of aromatic nitrogens is 2. The maximum atomic E-state index is 12.9. The summed E-state index contributed by atoms with van der Waals surface area (Å²) in [5, 5.41) is 14.7. The third-order valence-corrected chi connectivity index (χ3v) is 4.35. The molecule has 1 atom stereocenters. The Labute approximate surface area is 164 Å². The van der Waals surface area contributed by atoms with Crippen molar-refractivity contribution in [3.8, 4) is 17.8 Å². The summed E-state index contributed by atoms with van der Waals surface area (Å²) in [5.41, 5.74) is 1.22. The number of ether oxygens (including phenoxy) is 3. The summed E-state index contributed by atoms with van der Waals surface area (Å²) in [6.45, 7) is 4.16. The third-order valence-electron chi connectivity index (χ3n) is 4.35. The van der Waals surface area contributed by atoms with Crippen LogP contribution < -0.4 is 14.2 Å². The Kier molecular flexibility index (Phi) is 7.60. The molecular formula is C19H27N3O6. The van der Waals surface area contributed by atoms with Crippen molar-refractivity contribution in [2.45, 2.75) is 45.4 Å². The molecule has 28 heavy (non-hydrogen) atoms. The van der Waals surface area contributed by atoms with E-state index in [9.17, 15) is 9.90 Å². The average Bonchev–Trinajstić information content (AvgIpc) is 2.70. The van der Waals surface area contributed by atoms with Gasteiger partial charge in [0.05, 0.1) is 38.2 Å². The van der Waals surface area contributed by atoms with Crippen LogP contribution in [0.4, 0.5) is 0 Å². The topological polar surface area (TPSA) is 112 Å². The Hall–Kier alpha value is -2.84. The van der Waals surface area contributed by atoms with Gasteiger partial charge >= 0.3 is 6.01 Å². The number of Topliss-reactive ketones (excluding diaryl/α,β-unsaturated/α-hetero) is 1. The molecule has 0 amide bonds. The number of hydrogen-bond donors (Lipinski definition) is 1. The van der Waals surface area contributed by atoms with Gasteiger partial charge in [0.15, 0.2) is 5.78 Å². The van der Waals surface area contributed by atoms with Gasteiger partial charge in [-0.05, 0) is 13.3 Å². The molecule has 1 aliphatic carbocycles. The van der Waals surface area contributed by atoms with Crippen LogP contribution in [-0.4, -0.2) is 54.5 Å². The fraction of sp³-hybridized carbons (Fsp3) is 0.579. The number of allylic oxidation sites excluding steroid dienone is 2. The van der Waals surface area contributed by atoms with E-state index >= 15 is 0 Å². The highest BCUT2D eigenvalue weighted by Crippen LogP contribution is 2.42. The lowest BCUT2D eigenvalue weighted by Gasteiger charge is -2.26. The number of nitrogens with zero attached hydrogens (tertiary/aromatic N) is 3. The monoisotopic (exact) mass is 393 g/mol. The third kappa shape index (κ3) is 4.52. The molecule has 0 saturated carbocycles. The van der Waals surface area contributed by atoms with Crippen molar-refractivity contribution in [2.75, 3.05) is 27.9 Å². The van der Waals surface area contributed by atoms with Crippen molar-refractivity contribution in [2.24, 2.45) is 5.16 Å². The summed E-state index contributed by atoms with van der Waals surface area (Å²) in [5.74, 6) is -0.167. The van der Waals surface area contributed by atoms with Gasteiger partial charge in [-0.1, -0.05) is 18.5 Å². The lowest BCUT2D eigenvalue weighted by atomic mass is 9.81. The van der Waals surface area contributed by atoms with E-state index in [-0.39, 0.29) is 47.7 Å². The van der Waals surface area contributed by atoms with Crippen molar-refractivity contribution in [1.82, 2.24) is 9.97 Å². The van der Waals surface area contributed by atoms with E-state index in [0.717, 1.165) is 6.42 Å². The van der Waals surface area contributed by atoms with Gasteiger partial charge in [0.1, 0.15) is 12.4 Å². The lowest BCUT2D eigenvalue weighted by molar-refractivity contribution is -0.116. The molecule has 0 spiro atoms. The van der Waals surface area contributed by atoms with Crippen LogP contribution in [-0.2, 0) is 9.63 Å². The van der Waals surface area contributed by atoms with Crippen molar-refractivity contribution in [1.29, 1.82) is 0 Å². The molecule has 0 aromatic carbocycles. The number of aliphatic hydroxyl groups is 1. The maximum absolute atomic E-state index is 12.9. The molecule has 1 aromatic rings. The fourth-order valence-electron chi connectivity index (χ4n) is 3.18. The van der Waals surface area contributed by atoms with E-state index in [4.69, 9.17) is 19.0 Å². The SMILES string of the molecule is CCCC(=NOCC)C1=C(O)CC(c2c(OC)nc(OC)nc2OC)CC1=O. The number of rotatable bonds is 9. The van der Waals surface area contributed by atoms with Crippen LogP contribution in [0.25, 0.3) is 0 Å². The van der Waals surface area contributed by atoms with Crippen LogP contribution in [0.15, 0.2) is 16.5 Å². The minimum atomic E-state index is -0.401. The summed E-state index contributed by atoms with van der Waals surface area (Å²) < 4.78 is 15.8. The van der Waals surface area contributed by atoms with Crippen LogP contribution in [0, 0.1) is 0 Å². The number of oxime groups is 1. The first-order valence-corrected chi connectivity index (χ1v) is 9.18. The number of carbonyl (C=O) groups is 1. The van der Waals surface area contributed by atoms with E-state index in [2.05, 4.69) is 15.1 Å². The molecule has 2 rings (SSSR count). The van der Waals surface area contributed by atoms with E-state index < -0.39 is 5.92 Å². The quantitative estimate of drug-likeness (QED) is 0.503. The van der Waals surface area contributed by atoms with Crippen LogP contribution in [0.3, 0.4) is 0 Å². The average molecular weight is 393 g/mol. The Morgan fingerprint density at radius 2 is 1.75 bits per heavy atom. The summed E-state index contributed by atoms with van der Waals surface area (Å²) in [6, 6.07) is 0.0918. The first-order chi connectivity index (χ1) is 13.5. The minimum absolute atomic E-state index is 0.0342. The smallest absolute Gasteiger partial charge is 0.322 e. The van der Waals surface area contributed by atoms with Gasteiger partial charge in [-0.25, -0.2) is 0 Å². The van der Waals surface area contributed by atoms with Gasteiger partial charge in [0.25, 0.3) is 0 Å². The van der Waals surface area contributed by atoms with Crippen LogP contribution in [0.1, 0.15) is 51.0 Å². The van der Waals surface area contributed by atoms with Gasteiger partial charge < -0.3 is 24.2 Å². The second-order valence-corrected chi connectivity index (χ2v) is 6.20. The highest BCUT2D eigenvalue weighted by atomic mass is 16.6. The first-order valence-electron chi connectivity index (χ1n) is 9.18. The van der Waals surface area contributed by atoms with Crippen molar-refractivity contribution in [3.63, 3.8) is 0 Å². The van der Waals surface area contributed by atoms with Crippen LogP contribution >= 0.6 is 0 Å². The number of carbonyl (C=O) groups excluding carboxylic acids is 1. The maximum Gasteiger partial charge on any atom is 0.322 e. The summed E-state index contributed by atoms with van der Waals surface area (Å²) in [4.78, 5) is 26.4. The molecule has 9 heteroatoms. The Bertz CT molecular complexity index is 750. The standard InChI is InChI=1S/C19H27N3O6/c1-6-8-12(22-28-7-2)16-13(23)9-11(10-14(16)24)15-17(25-3)20-19(27-5)21-18(15)26-4/h11,23H,6-10H2,1-5H3. The molecule has 0 aliphatic heterocycles. The van der Waals surface area contributed by atoms with Crippen molar-refractivity contribution in [3.05, 3.63) is 16.9 Å². The van der Waals surface area contributed by atoms with Gasteiger partial charge in [0.2, 0.25) is 11.8 Å². The van der Waals surface area contributed by atoms with Gasteiger partial charge in [-0.15, -0.1) is 0 Å². The molecule has 154 valence electrons. The molecule has 1 heterocycles. The van der Waals surface area contributed by atoms with E-state index in [1.165, 1.54) is 21.3 Å². The molecule has 0 saturated heterocycles. The lowest BCUT2D eigenvalue weighted by Crippen LogP contribution is -2.25. The van der Waals surface area contributed by atoms with E-state index in [1.54, 1.807) is 0 Å². The second kappa shape index (κ2) is 9.91. The second-order valence-electron chi connectivity index (χ2n) is 6.20. The van der Waals surface area contributed by atoms with E-state index in [1.807, 2.05) is 13.8 Å². The summed E-state index contributed by atoms with van der Waals surface area (Å²) >= 11 is 0. The van der Waals surface area contributed by atoms with Gasteiger partial charge in [-0.3, -0.25) is 4.79 Å². The van der Waals surface area contributed by atoms with Crippen LogP contribution in [0.2, 0.25) is 0 Å². The zero-order valence-electron chi connectivity index (χ0n) is 16.9. The van der Waals surface area contributed by atoms with Crippen molar-refractivity contribution >= 4 is 11.5 Å². The molecule has 1 unspecified atom stereocenters. The summed E-state index contributed by atoms with van der Waals surface area (Å²) in [7, 11) is 4.36. The molecule has 0 radical (unpaired) electrons. The Balaban J connectivity index is 2.46. The van der Waals surface area contributed by atoms with Crippen molar-refractivity contribution < 1.29 is 28.9 Å². The molecule has 9 nitrogen and oxygen atoms in total. The Morgan fingerprint density at radius 3 is 2.21 bits per heavy atom. The highest BCUT2D eigenvalue weighted by Gasteiger charge is 2.35. The zero-order valence-corrected chi connectivity index (χ0v) is 16.9. The highest BCUT2D eigenvalue weighted by molar-refractivity contribution is 6.23.